The quantitative estimate of drug-likeness (QED) is 0.224. The second kappa shape index (κ2) is 9.06. The van der Waals surface area contributed by atoms with E-state index in [9.17, 15) is 0 Å². The summed E-state index contributed by atoms with van der Waals surface area (Å²) in [6.07, 6.45) is 1.11. The molecule has 4 aromatic carbocycles. The summed E-state index contributed by atoms with van der Waals surface area (Å²) < 4.78 is 5.61. The first-order valence-corrected chi connectivity index (χ1v) is 13.6. The summed E-state index contributed by atoms with van der Waals surface area (Å²) in [4.78, 5) is 10.3. The molecule has 3 nitrogen and oxygen atoms in total. The van der Waals surface area contributed by atoms with Crippen molar-refractivity contribution in [3.63, 3.8) is 0 Å². The third kappa shape index (κ3) is 3.97. The first-order valence-electron chi connectivity index (χ1n) is 13.6. The van der Waals surface area contributed by atoms with Gasteiger partial charge < -0.3 is 4.74 Å². The maximum absolute atomic E-state index is 5.61. The topological polar surface area (TPSA) is 35.0 Å². The van der Waals surface area contributed by atoms with Gasteiger partial charge in [-0.15, -0.1) is 0 Å². The Hall–Kier alpha value is -4.50. The molecule has 0 radical (unpaired) electrons. The number of pyridine rings is 2. The predicted molar refractivity (Wildman–Crippen MR) is 160 cm³/mol. The van der Waals surface area contributed by atoms with Crippen LogP contribution in [0.2, 0.25) is 0 Å². The molecule has 0 saturated heterocycles. The highest BCUT2D eigenvalue weighted by atomic mass is 16.5. The molecule has 2 heterocycles. The molecule has 6 aromatic rings. The Morgan fingerprint density at radius 2 is 1.36 bits per heavy atom. The van der Waals surface area contributed by atoms with Crippen molar-refractivity contribution in [3.05, 3.63) is 126 Å². The van der Waals surface area contributed by atoms with Crippen LogP contribution in [-0.2, 0) is 5.41 Å². The molecule has 2 aromatic heterocycles. The molecule has 39 heavy (non-hydrogen) atoms. The van der Waals surface area contributed by atoms with Crippen molar-refractivity contribution in [1.29, 1.82) is 0 Å². The van der Waals surface area contributed by atoms with E-state index in [1.54, 1.807) is 7.11 Å². The van der Waals surface area contributed by atoms with Gasteiger partial charge in [-0.05, 0) is 58.9 Å². The van der Waals surface area contributed by atoms with E-state index in [-0.39, 0.29) is 5.41 Å². The molecule has 0 bridgehead atoms. The fourth-order valence-electron chi connectivity index (χ4n) is 6.29. The average Bonchev–Trinajstić information content (AvgIpc) is 3.27. The van der Waals surface area contributed by atoms with Crippen molar-refractivity contribution in [3.8, 4) is 28.3 Å². The van der Waals surface area contributed by atoms with Gasteiger partial charge in [0.2, 0.25) is 0 Å². The zero-order valence-corrected chi connectivity index (χ0v) is 22.5. The molecule has 0 N–H and O–H groups in total. The molecule has 3 heteroatoms. The number of ether oxygens (including phenoxy) is 1. The third-order valence-corrected chi connectivity index (χ3v) is 8.27. The summed E-state index contributed by atoms with van der Waals surface area (Å²) >= 11 is 0. The Bertz CT molecular complexity index is 1870. The van der Waals surface area contributed by atoms with Crippen molar-refractivity contribution >= 4 is 21.8 Å². The van der Waals surface area contributed by atoms with E-state index in [1.807, 2.05) is 24.3 Å². The van der Waals surface area contributed by atoms with E-state index in [0.717, 1.165) is 56.5 Å². The van der Waals surface area contributed by atoms with E-state index < -0.39 is 0 Å². The van der Waals surface area contributed by atoms with Crippen LogP contribution in [0.4, 0.5) is 0 Å². The summed E-state index contributed by atoms with van der Waals surface area (Å²) in [7, 11) is 1.70. The molecule has 1 atom stereocenters. The molecule has 7 rings (SSSR count). The van der Waals surface area contributed by atoms with Crippen molar-refractivity contribution in [2.45, 2.75) is 31.6 Å². The molecule has 0 saturated carbocycles. The van der Waals surface area contributed by atoms with E-state index in [4.69, 9.17) is 14.7 Å². The lowest BCUT2D eigenvalue weighted by Crippen LogP contribution is -2.12. The van der Waals surface area contributed by atoms with Gasteiger partial charge in [-0.2, -0.15) is 0 Å². The van der Waals surface area contributed by atoms with Gasteiger partial charge in [0, 0.05) is 27.8 Å². The van der Waals surface area contributed by atoms with Gasteiger partial charge in [0.25, 0.3) is 0 Å². The van der Waals surface area contributed by atoms with Gasteiger partial charge in [-0.1, -0.05) is 92.7 Å². The second-order valence-electron chi connectivity index (χ2n) is 11.2. The average molecular weight is 507 g/mol. The molecule has 0 spiro atoms. The molecule has 1 aliphatic carbocycles. The Balaban J connectivity index is 1.34. The number of nitrogens with zero attached hydrogens (tertiary/aromatic N) is 2. The van der Waals surface area contributed by atoms with Gasteiger partial charge >= 0.3 is 0 Å². The summed E-state index contributed by atoms with van der Waals surface area (Å²) in [5, 5.41) is 2.16. The van der Waals surface area contributed by atoms with Crippen molar-refractivity contribution in [1.82, 2.24) is 9.97 Å². The Labute approximate surface area is 229 Å². The van der Waals surface area contributed by atoms with Gasteiger partial charge in [0.15, 0.2) is 0 Å². The Morgan fingerprint density at radius 3 is 2.15 bits per heavy atom. The Kier molecular flexibility index (Phi) is 5.48. The number of hydrogen-bond acceptors (Lipinski definition) is 3. The highest BCUT2D eigenvalue weighted by molar-refractivity contribution is 6.04. The standard InChI is InChI=1S/C36H30N2O/c1-36(2)22-29(27-11-4-6-13-30(27)36)25-9-8-10-26(21-25)31-19-17-23-15-16-24-18-20-32(38-35(24)34(23)37-31)28-12-5-7-14-33(28)39-3/h4-21,29H,22H2,1-3H3. The van der Waals surface area contributed by atoms with Crippen LogP contribution in [0.5, 0.6) is 5.75 Å². The second-order valence-corrected chi connectivity index (χ2v) is 11.2. The minimum absolute atomic E-state index is 0.169. The number of fused-ring (bicyclic) bond motifs is 4. The van der Waals surface area contributed by atoms with Crippen molar-refractivity contribution in [2.75, 3.05) is 7.11 Å². The van der Waals surface area contributed by atoms with Gasteiger partial charge in [0.1, 0.15) is 5.75 Å². The summed E-state index contributed by atoms with van der Waals surface area (Å²) in [6, 6.07) is 38.6. The monoisotopic (exact) mass is 506 g/mol. The minimum atomic E-state index is 0.169. The summed E-state index contributed by atoms with van der Waals surface area (Å²) in [6.45, 7) is 4.72. The van der Waals surface area contributed by atoms with Crippen LogP contribution in [0.1, 0.15) is 42.9 Å². The fourth-order valence-corrected chi connectivity index (χ4v) is 6.29. The van der Waals surface area contributed by atoms with Gasteiger partial charge in [0.05, 0.1) is 29.5 Å². The molecule has 0 fully saturated rings. The van der Waals surface area contributed by atoms with Gasteiger partial charge in [-0.25, -0.2) is 9.97 Å². The van der Waals surface area contributed by atoms with Crippen molar-refractivity contribution in [2.24, 2.45) is 0 Å². The maximum Gasteiger partial charge on any atom is 0.128 e. The van der Waals surface area contributed by atoms with E-state index >= 15 is 0 Å². The fraction of sp³-hybridized carbons (Fsp3) is 0.167. The predicted octanol–water partition coefficient (Wildman–Crippen LogP) is 8.94. The van der Waals surface area contributed by atoms with E-state index in [0.29, 0.717) is 5.92 Å². The molecular formula is C36H30N2O. The first kappa shape index (κ1) is 23.6. The van der Waals surface area contributed by atoms with Crippen LogP contribution in [0, 0.1) is 0 Å². The van der Waals surface area contributed by atoms with Crippen LogP contribution in [-0.4, -0.2) is 17.1 Å². The number of rotatable bonds is 4. The lowest BCUT2D eigenvalue weighted by Gasteiger charge is -2.19. The highest BCUT2D eigenvalue weighted by Crippen LogP contribution is 2.48. The lowest BCUT2D eigenvalue weighted by molar-refractivity contribution is 0.416. The normalized spacial score (nSPS) is 15.9. The van der Waals surface area contributed by atoms with Crippen LogP contribution >= 0.6 is 0 Å². The van der Waals surface area contributed by atoms with Crippen molar-refractivity contribution < 1.29 is 4.74 Å². The number of hydrogen-bond donors (Lipinski definition) is 0. The molecular weight excluding hydrogens is 476 g/mol. The largest absolute Gasteiger partial charge is 0.496 e. The van der Waals surface area contributed by atoms with E-state index in [2.05, 4.69) is 98.8 Å². The zero-order valence-electron chi connectivity index (χ0n) is 22.5. The maximum atomic E-state index is 5.61. The lowest BCUT2D eigenvalue weighted by atomic mass is 9.85. The highest BCUT2D eigenvalue weighted by Gasteiger charge is 2.37. The summed E-state index contributed by atoms with van der Waals surface area (Å²) in [5.41, 5.74) is 10.2. The molecule has 190 valence electrons. The van der Waals surface area contributed by atoms with Gasteiger partial charge in [-0.3, -0.25) is 0 Å². The van der Waals surface area contributed by atoms with Crippen LogP contribution in [0.15, 0.2) is 109 Å². The SMILES string of the molecule is COc1ccccc1-c1ccc2ccc3ccc(-c4cccc(C5CC(C)(C)c6ccccc65)c4)nc3c2n1. The number of para-hydroxylation sites is 1. The molecule has 0 aliphatic heterocycles. The number of benzene rings is 4. The minimum Gasteiger partial charge on any atom is -0.496 e. The van der Waals surface area contributed by atoms with Crippen LogP contribution in [0.3, 0.4) is 0 Å². The third-order valence-electron chi connectivity index (χ3n) is 8.27. The molecule has 1 unspecified atom stereocenters. The summed E-state index contributed by atoms with van der Waals surface area (Å²) in [5.74, 6) is 1.20. The Morgan fingerprint density at radius 1 is 0.692 bits per heavy atom. The zero-order chi connectivity index (χ0) is 26.6. The smallest absolute Gasteiger partial charge is 0.128 e. The molecule has 0 amide bonds. The van der Waals surface area contributed by atoms with Crippen LogP contribution in [0.25, 0.3) is 44.3 Å². The van der Waals surface area contributed by atoms with Crippen LogP contribution < -0.4 is 4.74 Å². The number of aromatic nitrogens is 2. The molecule has 1 aliphatic rings. The number of methoxy groups -OCH3 is 1. The first-order chi connectivity index (χ1) is 19.0. The van der Waals surface area contributed by atoms with E-state index in [1.165, 1.54) is 16.7 Å².